The highest BCUT2D eigenvalue weighted by Crippen LogP contribution is 2.43. The minimum absolute atomic E-state index is 0.552. The Kier molecular flexibility index (Phi) is 6.39. The summed E-state index contributed by atoms with van der Waals surface area (Å²) in [6, 6.07) is 52.0. The number of rotatable bonds is 5. The first-order chi connectivity index (χ1) is 24.8. The van der Waals surface area contributed by atoms with Gasteiger partial charge in [-0.25, -0.2) is 15.0 Å². The summed E-state index contributed by atoms with van der Waals surface area (Å²) in [5.74, 6) is 1.70. The Morgan fingerprint density at radius 3 is 1.98 bits per heavy atom. The molecule has 234 valence electrons. The molecule has 0 aliphatic heterocycles. The standard InChI is InChI=1S/C44H27N5O/c1-3-12-28(13-4-1)29-14-9-15-30(26-29)42-46-43(31-16-11-25-45-27-31)48-44(47-42)35-20-10-22-37-39(35)40-38(50-37)24-23-34-33-19-7-8-21-36(33)49(41(34)40)32-17-5-2-6-18-32/h1-27H. The summed E-state index contributed by atoms with van der Waals surface area (Å²) >= 11 is 0. The van der Waals surface area contributed by atoms with Crippen LogP contribution < -0.4 is 0 Å². The molecule has 50 heavy (non-hydrogen) atoms. The van der Waals surface area contributed by atoms with Crippen molar-refractivity contribution in [1.29, 1.82) is 0 Å². The van der Waals surface area contributed by atoms with Crippen molar-refractivity contribution in [2.24, 2.45) is 0 Å². The Morgan fingerprint density at radius 1 is 0.460 bits per heavy atom. The van der Waals surface area contributed by atoms with Crippen LogP contribution in [0, 0.1) is 0 Å². The summed E-state index contributed by atoms with van der Waals surface area (Å²) in [4.78, 5) is 19.7. The maximum atomic E-state index is 6.61. The van der Waals surface area contributed by atoms with E-state index in [1.165, 1.54) is 5.39 Å². The van der Waals surface area contributed by atoms with Crippen LogP contribution in [-0.2, 0) is 0 Å². The van der Waals surface area contributed by atoms with E-state index >= 15 is 0 Å². The average Bonchev–Trinajstić information content (AvgIpc) is 3.75. The zero-order valence-electron chi connectivity index (χ0n) is 26.7. The third-order valence-corrected chi connectivity index (χ3v) is 9.33. The predicted octanol–water partition coefficient (Wildman–Crippen LogP) is 10.9. The van der Waals surface area contributed by atoms with Crippen molar-refractivity contribution in [2.45, 2.75) is 0 Å². The molecule has 0 atom stereocenters. The van der Waals surface area contributed by atoms with Crippen LogP contribution in [0.2, 0.25) is 0 Å². The summed E-state index contributed by atoms with van der Waals surface area (Å²) in [6.45, 7) is 0. The normalized spacial score (nSPS) is 11.6. The minimum Gasteiger partial charge on any atom is -0.456 e. The van der Waals surface area contributed by atoms with Gasteiger partial charge >= 0.3 is 0 Å². The van der Waals surface area contributed by atoms with Gasteiger partial charge in [0.2, 0.25) is 0 Å². The third kappa shape index (κ3) is 4.50. The predicted molar refractivity (Wildman–Crippen MR) is 201 cm³/mol. The van der Waals surface area contributed by atoms with E-state index in [1.54, 1.807) is 12.4 Å². The van der Waals surface area contributed by atoms with Crippen molar-refractivity contribution in [3.8, 4) is 51.0 Å². The third-order valence-electron chi connectivity index (χ3n) is 9.33. The van der Waals surface area contributed by atoms with Crippen LogP contribution in [0.3, 0.4) is 0 Å². The van der Waals surface area contributed by atoms with Crippen molar-refractivity contribution >= 4 is 43.7 Å². The Hall–Kier alpha value is -6.92. The van der Waals surface area contributed by atoms with Crippen molar-refractivity contribution in [2.75, 3.05) is 0 Å². The fourth-order valence-electron chi connectivity index (χ4n) is 7.11. The number of hydrogen-bond acceptors (Lipinski definition) is 5. The van der Waals surface area contributed by atoms with Crippen LogP contribution in [0.25, 0.3) is 94.7 Å². The number of nitrogens with zero attached hydrogens (tertiary/aromatic N) is 5. The Morgan fingerprint density at radius 2 is 1.14 bits per heavy atom. The van der Waals surface area contributed by atoms with Crippen molar-refractivity contribution in [3.05, 3.63) is 164 Å². The molecule has 0 fully saturated rings. The van der Waals surface area contributed by atoms with Gasteiger partial charge < -0.3 is 8.98 Å². The fourth-order valence-corrected chi connectivity index (χ4v) is 7.11. The minimum atomic E-state index is 0.552. The lowest BCUT2D eigenvalue weighted by molar-refractivity contribution is 0.669. The van der Waals surface area contributed by atoms with Gasteiger partial charge in [-0.05, 0) is 65.7 Å². The molecule has 0 bridgehead atoms. The summed E-state index contributed by atoms with van der Waals surface area (Å²) in [7, 11) is 0. The van der Waals surface area contributed by atoms with Crippen LogP contribution in [-0.4, -0.2) is 24.5 Å². The SMILES string of the molecule is c1ccc(-c2cccc(-c3nc(-c4cccnc4)nc(-c4cccc5oc6ccc7c8ccccc8n(-c8ccccc8)c7c6c45)n3)c2)cc1. The van der Waals surface area contributed by atoms with E-state index in [1.807, 2.05) is 60.7 Å². The van der Waals surface area contributed by atoms with E-state index < -0.39 is 0 Å². The smallest absolute Gasteiger partial charge is 0.165 e. The number of aromatic nitrogens is 5. The number of furan rings is 1. The number of para-hydroxylation sites is 2. The molecule has 0 N–H and O–H groups in total. The van der Waals surface area contributed by atoms with Gasteiger partial charge in [0.25, 0.3) is 0 Å². The molecule has 6 heteroatoms. The molecule has 0 saturated heterocycles. The van der Waals surface area contributed by atoms with Gasteiger partial charge in [0.15, 0.2) is 17.5 Å². The lowest BCUT2D eigenvalue weighted by atomic mass is 10.0. The van der Waals surface area contributed by atoms with Crippen molar-refractivity contribution < 1.29 is 4.42 Å². The molecule has 6 aromatic carbocycles. The van der Waals surface area contributed by atoms with Crippen LogP contribution in [0.15, 0.2) is 168 Å². The molecule has 10 aromatic rings. The largest absolute Gasteiger partial charge is 0.456 e. The summed E-state index contributed by atoms with van der Waals surface area (Å²) in [5.41, 5.74) is 9.66. The van der Waals surface area contributed by atoms with E-state index in [0.29, 0.717) is 17.5 Å². The van der Waals surface area contributed by atoms with Gasteiger partial charge in [0.1, 0.15) is 11.2 Å². The van der Waals surface area contributed by atoms with Gasteiger partial charge in [-0.15, -0.1) is 0 Å². The van der Waals surface area contributed by atoms with E-state index in [0.717, 1.165) is 71.9 Å². The molecule has 6 nitrogen and oxygen atoms in total. The molecule has 0 unspecified atom stereocenters. The van der Waals surface area contributed by atoms with E-state index in [4.69, 9.17) is 19.4 Å². The molecular formula is C44H27N5O. The molecule has 0 radical (unpaired) electrons. The van der Waals surface area contributed by atoms with Gasteiger partial charge in [-0.1, -0.05) is 97.1 Å². The summed E-state index contributed by atoms with van der Waals surface area (Å²) in [6.07, 6.45) is 3.55. The highest BCUT2D eigenvalue weighted by atomic mass is 16.3. The summed E-state index contributed by atoms with van der Waals surface area (Å²) < 4.78 is 8.95. The van der Waals surface area contributed by atoms with Crippen LogP contribution >= 0.6 is 0 Å². The van der Waals surface area contributed by atoms with Gasteiger partial charge in [-0.2, -0.15) is 0 Å². The first kappa shape index (κ1) is 28.1. The highest BCUT2D eigenvalue weighted by molar-refractivity contribution is 6.26. The average molecular weight is 642 g/mol. The Labute approximate surface area is 287 Å². The lowest BCUT2D eigenvalue weighted by Crippen LogP contribution is -2.01. The second kappa shape index (κ2) is 11.4. The first-order valence-corrected chi connectivity index (χ1v) is 16.6. The van der Waals surface area contributed by atoms with Crippen molar-refractivity contribution in [1.82, 2.24) is 24.5 Å². The van der Waals surface area contributed by atoms with Crippen LogP contribution in [0.1, 0.15) is 0 Å². The topological polar surface area (TPSA) is 69.6 Å². The Balaban J connectivity index is 1.28. The molecule has 4 aromatic heterocycles. The van der Waals surface area contributed by atoms with E-state index in [9.17, 15) is 0 Å². The van der Waals surface area contributed by atoms with Crippen LogP contribution in [0.4, 0.5) is 0 Å². The van der Waals surface area contributed by atoms with Gasteiger partial charge in [0, 0.05) is 50.9 Å². The molecule has 0 spiro atoms. The lowest BCUT2D eigenvalue weighted by Gasteiger charge is -2.11. The number of pyridine rings is 1. The van der Waals surface area contributed by atoms with Gasteiger partial charge in [0.05, 0.1) is 16.4 Å². The first-order valence-electron chi connectivity index (χ1n) is 16.6. The number of benzene rings is 6. The molecule has 4 heterocycles. The van der Waals surface area contributed by atoms with E-state index in [-0.39, 0.29) is 0 Å². The molecule has 0 aliphatic carbocycles. The molecule has 0 aliphatic rings. The molecule has 0 saturated carbocycles. The van der Waals surface area contributed by atoms with Gasteiger partial charge in [-0.3, -0.25) is 4.98 Å². The second-order valence-electron chi connectivity index (χ2n) is 12.3. The molecular weight excluding hydrogens is 615 g/mol. The molecule has 10 rings (SSSR count). The second-order valence-corrected chi connectivity index (χ2v) is 12.3. The maximum absolute atomic E-state index is 6.61. The fraction of sp³-hybridized carbons (Fsp3) is 0. The Bertz CT molecular complexity index is 2860. The maximum Gasteiger partial charge on any atom is 0.165 e. The van der Waals surface area contributed by atoms with Crippen LogP contribution in [0.5, 0.6) is 0 Å². The zero-order valence-corrected chi connectivity index (χ0v) is 26.7. The van der Waals surface area contributed by atoms with Crippen molar-refractivity contribution in [3.63, 3.8) is 0 Å². The zero-order chi connectivity index (χ0) is 33.0. The number of fused-ring (bicyclic) bond motifs is 7. The molecule has 0 amide bonds. The monoisotopic (exact) mass is 641 g/mol. The number of hydrogen-bond donors (Lipinski definition) is 0. The summed E-state index contributed by atoms with van der Waals surface area (Å²) in [5, 5.41) is 4.31. The quantitative estimate of drug-likeness (QED) is 0.187. The highest BCUT2D eigenvalue weighted by Gasteiger charge is 2.23. The van der Waals surface area contributed by atoms with E-state index in [2.05, 4.69) is 101 Å².